The monoisotopic (exact) mass is 287 g/mol. The molecule has 1 fully saturated rings. The maximum absolute atomic E-state index is 11.5. The quantitative estimate of drug-likeness (QED) is 0.939. The highest BCUT2D eigenvalue weighted by Crippen LogP contribution is 2.25. The molecule has 1 aromatic carbocycles. The van der Waals surface area contributed by atoms with Crippen LogP contribution in [0.15, 0.2) is 18.2 Å². The van der Waals surface area contributed by atoms with Crippen molar-refractivity contribution in [2.45, 2.75) is 32.7 Å². The van der Waals surface area contributed by atoms with Gasteiger partial charge in [0.2, 0.25) is 0 Å². The second-order valence-corrected chi connectivity index (χ2v) is 5.86. The highest BCUT2D eigenvalue weighted by Gasteiger charge is 2.21. The van der Waals surface area contributed by atoms with Crippen molar-refractivity contribution in [3.63, 3.8) is 0 Å². The lowest BCUT2D eigenvalue weighted by Gasteiger charge is -2.23. The summed E-state index contributed by atoms with van der Waals surface area (Å²) in [5.41, 5.74) is 1.84. The van der Waals surface area contributed by atoms with Crippen LogP contribution >= 0.6 is 0 Å². The van der Waals surface area contributed by atoms with Crippen LogP contribution < -0.4 is 0 Å². The van der Waals surface area contributed by atoms with Gasteiger partial charge in [-0.15, -0.1) is 0 Å². The average molecular weight is 287 g/mol. The number of para-hydroxylation sites is 1. The number of imidazole rings is 1. The number of likely N-dealkylation sites (tertiary alicyclic amines) is 1. The number of hydrogen-bond donors (Lipinski definition) is 1. The zero-order chi connectivity index (χ0) is 15.0. The third-order valence-corrected chi connectivity index (χ3v) is 4.28. The van der Waals surface area contributed by atoms with Gasteiger partial charge in [0, 0.05) is 12.6 Å². The van der Waals surface area contributed by atoms with Gasteiger partial charge < -0.3 is 14.6 Å². The number of fused-ring (bicyclic) bond motifs is 1. The average Bonchev–Trinajstić information content (AvgIpc) is 3.03. The lowest BCUT2D eigenvalue weighted by Crippen LogP contribution is -2.27. The zero-order valence-corrected chi connectivity index (χ0v) is 12.5. The minimum atomic E-state index is -0.893. The van der Waals surface area contributed by atoms with Gasteiger partial charge in [-0.3, -0.25) is 0 Å². The van der Waals surface area contributed by atoms with Crippen molar-refractivity contribution >= 4 is 17.0 Å². The Bertz CT molecular complexity index is 671. The molecule has 2 heterocycles. The van der Waals surface area contributed by atoms with Crippen LogP contribution in [-0.2, 0) is 0 Å². The molecule has 1 unspecified atom stereocenters. The van der Waals surface area contributed by atoms with E-state index >= 15 is 0 Å². The van der Waals surface area contributed by atoms with Crippen molar-refractivity contribution in [1.29, 1.82) is 0 Å². The van der Waals surface area contributed by atoms with Gasteiger partial charge in [-0.2, -0.15) is 0 Å². The topological polar surface area (TPSA) is 58.4 Å². The first-order chi connectivity index (χ1) is 10.1. The molecule has 5 nitrogen and oxygen atoms in total. The number of carboxylic acid groups (broad SMARTS) is 1. The van der Waals surface area contributed by atoms with Gasteiger partial charge in [0.25, 0.3) is 0 Å². The van der Waals surface area contributed by atoms with Gasteiger partial charge in [0.1, 0.15) is 5.82 Å². The maximum atomic E-state index is 11.5. The molecule has 21 heavy (non-hydrogen) atoms. The van der Waals surface area contributed by atoms with Crippen molar-refractivity contribution in [2.24, 2.45) is 0 Å². The molecule has 2 aromatic rings. The Hall–Kier alpha value is -1.88. The Morgan fingerprint density at radius 3 is 2.76 bits per heavy atom. The van der Waals surface area contributed by atoms with Crippen molar-refractivity contribution in [1.82, 2.24) is 14.5 Å². The van der Waals surface area contributed by atoms with Crippen LogP contribution in [0.1, 0.15) is 42.0 Å². The summed E-state index contributed by atoms with van der Waals surface area (Å²) in [4.78, 5) is 18.5. The fourth-order valence-electron chi connectivity index (χ4n) is 3.40. The highest BCUT2D eigenvalue weighted by molar-refractivity contribution is 6.01. The van der Waals surface area contributed by atoms with Crippen molar-refractivity contribution < 1.29 is 9.90 Å². The Balaban J connectivity index is 2.03. The summed E-state index contributed by atoms with van der Waals surface area (Å²) in [7, 11) is 0. The molecule has 1 aliphatic rings. The van der Waals surface area contributed by atoms with Crippen LogP contribution in [0.5, 0.6) is 0 Å². The molecule has 1 aliphatic heterocycles. The van der Waals surface area contributed by atoms with E-state index in [1.807, 2.05) is 13.0 Å². The Kier molecular flexibility index (Phi) is 3.68. The molecular weight excluding hydrogens is 266 g/mol. The Morgan fingerprint density at radius 2 is 2.10 bits per heavy atom. The van der Waals surface area contributed by atoms with Crippen LogP contribution in [0.3, 0.4) is 0 Å². The summed E-state index contributed by atoms with van der Waals surface area (Å²) in [5, 5.41) is 9.43. The summed E-state index contributed by atoms with van der Waals surface area (Å²) < 4.78 is 2.08. The van der Waals surface area contributed by atoms with Crippen LogP contribution in [0.2, 0.25) is 0 Å². The summed E-state index contributed by atoms with van der Waals surface area (Å²) >= 11 is 0. The second-order valence-electron chi connectivity index (χ2n) is 5.86. The van der Waals surface area contributed by atoms with E-state index in [1.54, 1.807) is 12.1 Å². The molecule has 0 radical (unpaired) electrons. The van der Waals surface area contributed by atoms with Gasteiger partial charge >= 0.3 is 5.97 Å². The predicted octanol–water partition coefficient (Wildman–Crippen LogP) is 2.70. The van der Waals surface area contributed by atoms with Crippen molar-refractivity contribution in [3.05, 3.63) is 29.6 Å². The molecular formula is C16H21N3O2. The van der Waals surface area contributed by atoms with E-state index in [4.69, 9.17) is 0 Å². The minimum Gasteiger partial charge on any atom is -0.478 e. The molecule has 3 rings (SSSR count). The zero-order valence-electron chi connectivity index (χ0n) is 12.5. The summed E-state index contributed by atoms with van der Waals surface area (Å²) in [6.07, 6.45) is 2.52. The molecule has 0 aliphatic carbocycles. The van der Waals surface area contributed by atoms with E-state index in [2.05, 4.69) is 21.4 Å². The number of benzene rings is 1. The lowest BCUT2D eigenvalue weighted by molar-refractivity contribution is 0.0698. The molecule has 5 heteroatoms. The largest absolute Gasteiger partial charge is 0.478 e. The van der Waals surface area contributed by atoms with Gasteiger partial charge in [-0.05, 0) is 51.9 Å². The van der Waals surface area contributed by atoms with Crippen LogP contribution in [0, 0.1) is 6.92 Å². The van der Waals surface area contributed by atoms with Gasteiger partial charge in [-0.1, -0.05) is 6.07 Å². The van der Waals surface area contributed by atoms with Gasteiger partial charge in [-0.25, -0.2) is 9.78 Å². The molecule has 0 amide bonds. The van der Waals surface area contributed by atoms with Crippen molar-refractivity contribution in [3.8, 4) is 0 Å². The van der Waals surface area contributed by atoms with E-state index in [0.29, 0.717) is 5.56 Å². The van der Waals surface area contributed by atoms with Crippen LogP contribution in [0.4, 0.5) is 0 Å². The van der Waals surface area contributed by atoms with E-state index in [0.717, 1.165) is 36.5 Å². The minimum absolute atomic E-state index is 0.216. The molecule has 1 atom stereocenters. The molecule has 1 aromatic heterocycles. The molecule has 1 N–H and O–H groups in total. The fourth-order valence-corrected chi connectivity index (χ4v) is 3.40. The van der Waals surface area contributed by atoms with E-state index in [-0.39, 0.29) is 6.04 Å². The normalized spacial score (nSPS) is 17.4. The predicted molar refractivity (Wildman–Crippen MR) is 81.8 cm³/mol. The van der Waals surface area contributed by atoms with Gasteiger partial charge in [0.15, 0.2) is 0 Å². The summed E-state index contributed by atoms with van der Waals surface area (Å²) in [6, 6.07) is 5.51. The summed E-state index contributed by atoms with van der Waals surface area (Å²) in [5.74, 6) is -0.0134. The highest BCUT2D eigenvalue weighted by atomic mass is 16.4. The first kappa shape index (κ1) is 14.1. The van der Waals surface area contributed by atoms with Crippen molar-refractivity contribution in [2.75, 3.05) is 19.6 Å². The molecule has 112 valence electrons. The first-order valence-electron chi connectivity index (χ1n) is 7.51. The van der Waals surface area contributed by atoms with E-state index in [1.165, 1.54) is 12.8 Å². The maximum Gasteiger partial charge on any atom is 0.337 e. The third kappa shape index (κ3) is 2.53. The SMILES string of the molecule is Cc1nc2cccc(C(=O)O)c2n1C(C)CN1CCCC1. The molecule has 0 saturated carbocycles. The molecule has 0 spiro atoms. The smallest absolute Gasteiger partial charge is 0.337 e. The second kappa shape index (κ2) is 5.48. The third-order valence-electron chi connectivity index (χ3n) is 4.28. The first-order valence-corrected chi connectivity index (χ1v) is 7.51. The number of aryl methyl sites for hydroxylation is 1. The standard InChI is InChI=1S/C16H21N3O2/c1-11(10-18-8-3-4-9-18)19-12(2)17-14-7-5-6-13(15(14)19)16(20)21/h5-7,11H,3-4,8-10H2,1-2H3,(H,20,21). The summed E-state index contributed by atoms with van der Waals surface area (Å²) in [6.45, 7) is 7.32. The van der Waals surface area contributed by atoms with Gasteiger partial charge in [0.05, 0.1) is 16.6 Å². The van der Waals surface area contributed by atoms with Crippen LogP contribution in [-0.4, -0.2) is 45.2 Å². The number of aromatic nitrogens is 2. The lowest BCUT2D eigenvalue weighted by atomic mass is 10.1. The van der Waals surface area contributed by atoms with Crippen LogP contribution in [0.25, 0.3) is 11.0 Å². The number of aromatic carboxylic acids is 1. The number of hydrogen-bond acceptors (Lipinski definition) is 3. The number of carboxylic acids is 1. The number of carbonyl (C=O) groups is 1. The number of rotatable bonds is 4. The molecule has 0 bridgehead atoms. The number of nitrogens with zero attached hydrogens (tertiary/aromatic N) is 3. The van der Waals surface area contributed by atoms with E-state index < -0.39 is 5.97 Å². The molecule has 1 saturated heterocycles. The van der Waals surface area contributed by atoms with E-state index in [9.17, 15) is 9.90 Å². The Morgan fingerprint density at radius 1 is 1.38 bits per heavy atom. The fraction of sp³-hybridized carbons (Fsp3) is 0.500. The Labute approximate surface area is 124 Å².